The monoisotopic (exact) mass is 266 g/mol. The lowest BCUT2D eigenvalue weighted by Gasteiger charge is -2.17. The van der Waals surface area contributed by atoms with Crippen LogP contribution >= 0.6 is 23.2 Å². The van der Waals surface area contributed by atoms with Crippen LogP contribution in [0.4, 0.5) is 8.78 Å². The maximum Gasteiger partial charge on any atom is 0.251 e. The van der Waals surface area contributed by atoms with Gasteiger partial charge in [-0.3, -0.25) is 0 Å². The van der Waals surface area contributed by atoms with E-state index >= 15 is 0 Å². The van der Waals surface area contributed by atoms with Crippen molar-refractivity contribution in [1.29, 1.82) is 0 Å². The van der Waals surface area contributed by atoms with Gasteiger partial charge in [0.15, 0.2) is 0 Å². The van der Waals surface area contributed by atoms with Crippen LogP contribution in [0.15, 0.2) is 24.3 Å². The van der Waals surface area contributed by atoms with Gasteiger partial charge in [0.25, 0.3) is 6.43 Å². The van der Waals surface area contributed by atoms with Crippen molar-refractivity contribution >= 4 is 23.2 Å². The number of halogens is 4. The molecule has 88 valence electrons. The molecule has 1 atom stereocenters. The lowest BCUT2D eigenvalue weighted by Crippen LogP contribution is -2.24. The number of benzene rings is 1. The largest absolute Gasteiger partial charge is 0.497 e. The summed E-state index contributed by atoms with van der Waals surface area (Å²) in [6.07, 6.45) is -2.50. The van der Waals surface area contributed by atoms with Crippen molar-refractivity contribution in [2.75, 3.05) is 7.11 Å². The van der Waals surface area contributed by atoms with E-state index in [1.165, 1.54) is 7.11 Å². The Balaban J connectivity index is 2.36. The van der Waals surface area contributed by atoms with Crippen molar-refractivity contribution in [2.24, 2.45) is 0 Å². The molecule has 1 saturated carbocycles. The number of alkyl halides is 4. The van der Waals surface area contributed by atoms with Gasteiger partial charge in [-0.1, -0.05) is 12.1 Å². The molecule has 1 aliphatic rings. The summed E-state index contributed by atoms with van der Waals surface area (Å²) in [6, 6.07) is 6.41. The molecular formula is C11H10Cl2F2O. The summed E-state index contributed by atoms with van der Waals surface area (Å²) in [7, 11) is 1.52. The van der Waals surface area contributed by atoms with Crippen molar-refractivity contribution < 1.29 is 13.5 Å². The third-order valence-corrected chi connectivity index (χ3v) is 3.95. The predicted molar refractivity (Wildman–Crippen MR) is 59.7 cm³/mol. The van der Waals surface area contributed by atoms with Crippen LogP contribution in [0.25, 0.3) is 0 Å². The van der Waals surface area contributed by atoms with Crippen LogP contribution in [0.1, 0.15) is 12.0 Å². The van der Waals surface area contributed by atoms with E-state index in [0.29, 0.717) is 11.3 Å². The zero-order valence-electron chi connectivity index (χ0n) is 8.51. The summed E-state index contributed by atoms with van der Waals surface area (Å²) in [5.41, 5.74) is -0.976. The van der Waals surface area contributed by atoms with Crippen LogP contribution in [0.5, 0.6) is 5.75 Å². The van der Waals surface area contributed by atoms with Gasteiger partial charge in [-0.15, -0.1) is 23.2 Å². The SMILES string of the molecule is COc1ccc(C2(C(F)F)CC2(Cl)Cl)cc1. The lowest BCUT2D eigenvalue weighted by molar-refractivity contribution is 0.100. The van der Waals surface area contributed by atoms with Crippen LogP contribution in [0, 0.1) is 0 Å². The standard InChI is InChI=1S/C11H10Cl2F2O/c1-16-8-4-2-7(3-5-8)10(9(14)15)6-11(10,12)13/h2-5,9H,6H2,1H3. The third-order valence-electron chi connectivity index (χ3n) is 3.01. The number of methoxy groups -OCH3 is 1. The Morgan fingerprint density at radius 3 is 2.06 bits per heavy atom. The second-order valence-electron chi connectivity index (χ2n) is 3.88. The minimum Gasteiger partial charge on any atom is -0.497 e. The second-order valence-corrected chi connectivity index (χ2v) is 5.37. The van der Waals surface area contributed by atoms with E-state index < -0.39 is 16.2 Å². The fraction of sp³-hybridized carbons (Fsp3) is 0.455. The molecule has 0 heterocycles. The summed E-state index contributed by atoms with van der Waals surface area (Å²) < 4.78 is 29.7. The van der Waals surface area contributed by atoms with E-state index in [1.807, 2.05) is 0 Å². The van der Waals surface area contributed by atoms with Gasteiger partial charge in [-0.2, -0.15) is 0 Å². The zero-order chi connectivity index (χ0) is 12.0. The van der Waals surface area contributed by atoms with Gasteiger partial charge >= 0.3 is 0 Å². The highest BCUT2D eigenvalue weighted by Gasteiger charge is 2.72. The minimum atomic E-state index is -2.57. The normalized spacial score (nSPS) is 26.9. The third kappa shape index (κ3) is 1.57. The maximum absolute atomic E-state index is 13.0. The van der Waals surface area contributed by atoms with Crippen LogP contribution < -0.4 is 4.74 Å². The fourth-order valence-electron chi connectivity index (χ4n) is 1.87. The van der Waals surface area contributed by atoms with E-state index in [9.17, 15) is 8.78 Å². The Morgan fingerprint density at radius 2 is 1.75 bits per heavy atom. The highest BCUT2D eigenvalue weighted by molar-refractivity contribution is 6.52. The molecule has 0 aliphatic heterocycles. The van der Waals surface area contributed by atoms with Crippen LogP contribution in [-0.4, -0.2) is 17.9 Å². The van der Waals surface area contributed by atoms with E-state index in [4.69, 9.17) is 27.9 Å². The molecule has 0 saturated heterocycles. The predicted octanol–water partition coefficient (Wildman–Crippen LogP) is 3.78. The molecule has 1 nitrogen and oxygen atoms in total. The Hall–Kier alpha value is -0.540. The molecule has 0 N–H and O–H groups in total. The van der Waals surface area contributed by atoms with Crippen LogP contribution in [0.3, 0.4) is 0 Å². The molecule has 1 unspecified atom stereocenters. The molecule has 5 heteroatoms. The van der Waals surface area contributed by atoms with Crippen LogP contribution in [0.2, 0.25) is 0 Å². The Kier molecular flexibility index (Phi) is 2.79. The summed E-state index contributed by atoms with van der Waals surface area (Å²) in [6.45, 7) is 0. The van der Waals surface area contributed by atoms with Gasteiger partial charge in [0.05, 0.1) is 12.5 Å². The molecule has 1 aromatic carbocycles. The minimum absolute atomic E-state index is 0.0765. The molecule has 0 radical (unpaired) electrons. The molecule has 1 aliphatic carbocycles. The van der Waals surface area contributed by atoms with Crippen molar-refractivity contribution in [1.82, 2.24) is 0 Å². The number of hydrogen-bond donors (Lipinski definition) is 0. The van der Waals surface area contributed by atoms with Gasteiger partial charge in [0, 0.05) is 0 Å². The average Bonchev–Trinajstić information content (AvgIpc) is 2.84. The second kappa shape index (κ2) is 3.74. The Morgan fingerprint density at radius 1 is 1.25 bits per heavy atom. The number of ether oxygens (including phenoxy) is 1. The highest BCUT2D eigenvalue weighted by atomic mass is 35.5. The van der Waals surface area contributed by atoms with Crippen LogP contribution in [-0.2, 0) is 5.41 Å². The van der Waals surface area contributed by atoms with E-state index in [-0.39, 0.29) is 6.42 Å². The quantitative estimate of drug-likeness (QED) is 0.757. The topological polar surface area (TPSA) is 9.23 Å². The van der Waals surface area contributed by atoms with Gasteiger partial charge in [0.1, 0.15) is 10.1 Å². The molecule has 0 bridgehead atoms. The molecule has 16 heavy (non-hydrogen) atoms. The fourth-order valence-corrected chi connectivity index (χ4v) is 2.68. The molecule has 1 fully saturated rings. The molecule has 1 aromatic rings. The van der Waals surface area contributed by atoms with E-state index in [0.717, 1.165) is 0 Å². The maximum atomic E-state index is 13.0. The highest BCUT2D eigenvalue weighted by Crippen LogP contribution is 2.67. The van der Waals surface area contributed by atoms with Gasteiger partial charge < -0.3 is 4.74 Å². The molecule has 0 aromatic heterocycles. The number of hydrogen-bond acceptors (Lipinski definition) is 1. The molecule has 2 rings (SSSR count). The number of rotatable bonds is 3. The first kappa shape index (κ1) is 11.9. The van der Waals surface area contributed by atoms with Crippen molar-refractivity contribution in [2.45, 2.75) is 22.6 Å². The summed E-state index contributed by atoms with van der Waals surface area (Å²) >= 11 is 11.6. The first-order chi connectivity index (χ1) is 7.44. The van der Waals surface area contributed by atoms with Gasteiger partial charge in [-0.25, -0.2) is 8.78 Å². The average molecular weight is 267 g/mol. The zero-order valence-corrected chi connectivity index (χ0v) is 10.0. The molecular weight excluding hydrogens is 257 g/mol. The molecule has 0 spiro atoms. The van der Waals surface area contributed by atoms with Gasteiger partial charge in [0.2, 0.25) is 0 Å². The summed E-state index contributed by atoms with van der Waals surface area (Å²) in [5, 5.41) is 0. The van der Waals surface area contributed by atoms with E-state index in [2.05, 4.69) is 0 Å². The summed E-state index contributed by atoms with van der Waals surface area (Å²) in [5.74, 6) is 0.614. The van der Waals surface area contributed by atoms with Crippen molar-refractivity contribution in [3.63, 3.8) is 0 Å². The summed E-state index contributed by atoms with van der Waals surface area (Å²) in [4.78, 5) is 0. The first-order valence-corrected chi connectivity index (χ1v) is 5.50. The molecule has 0 amide bonds. The van der Waals surface area contributed by atoms with Gasteiger partial charge in [-0.05, 0) is 24.1 Å². The van der Waals surface area contributed by atoms with Crippen molar-refractivity contribution in [3.05, 3.63) is 29.8 Å². The van der Waals surface area contributed by atoms with E-state index in [1.54, 1.807) is 24.3 Å². The Labute approximate surface area is 102 Å². The Bertz CT molecular complexity index is 391. The van der Waals surface area contributed by atoms with Crippen molar-refractivity contribution in [3.8, 4) is 5.75 Å². The first-order valence-electron chi connectivity index (χ1n) is 4.74. The smallest absolute Gasteiger partial charge is 0.251 e. The lowest BCUT2D eigenvalue weighted by atomic mass is 9.96.